The van der Waals surface area contributed by atoms with Gasteiger partial charge in [-0.3, -0.25) is 4.79 Å². The van der Waals surface area contributed by atoms with E-state index in [1.54, 1.807) is 6.92 Å². The van der Waals surface area contributed by atoms with Crippen molar-refractivity contribution in [2.24, 2.45) is 0 Å². The minimum Gasteiger partial charge on any atom is -0.494 e. The Bertz CT molecular complexity index is 845. The lowest BCUT2D eigenvalue weighted by Gasteiger charge is -2.03. The molecule has 0 fully saturated rings. The number of nitrogens with zero attached hydrogens (tertiary/aromatic N) is 3. The number of hydrogen-bond acceptors (Lipinski definition) is 8. The highest BCUT2D eigenvalue weighted by Gasteiger charge is 2.11. The molecule has 0 radical (unpaired) electrons. The number of carbonyl (C=O) groups excluding carboxylic acids is 1. The maximum absolute atomic E-state index is 12.0. The molecule has 9 heteroatoms. The van der Waals surface area contributed by atoms with E-state index in [-0.39, 0.29) is 11.7 Å². The topological polar surface area (TPSA) is 90.1 Å². The van der Waals surface area contributed by atoms with E-state index in [4.69, 9.17) is 9.15 Å². The third kappa shape index (κ3) is 4.80. The van der Waals surface area contributed by atoms with Crippen molar-refractivity contribution in [3.8, 4) is 17.0 Å². The highest BCUT2D eigenvalue weighted by Crippen LogP contribution is 2.27. The number of carbonyl (C=O) groups is 1. The van der Waals surface area contributed by atoms with Crippen molar-refractivity contribution in [2.75, 3.05) is 17.7 Å². The van der Waals surface area contributed by atoms with Crippen LogP contribution in [0.4, 0.5) is 5.13 Å². The Morgan fingerprint density at radius 2 is 2.12 bits per heavy atom. The van der Waals surface area contributed by atoms with Crippen LogP contribution in [0.5, 0.6) is 5.75 Å². The van der Waals surface area contributed by atoms with Crippen LogP contribution >= 0.6 is 23.1 Å². The van der Waals surface area contributed by atoms with Gasteiger partial charge >= 0.3 is 0 Å². The molecular weight excluding hydrogens is 360 g/mol. The van der Waals surface area contributed by atoms with E-state index < -0.39 is 0 Å². The molecule has 25 heavy (non-hydrogen) atoms. The number of aromatic nitrogens is 3. The van der Waals surface area contributed by atoms with E-state index in [9.17, 15) is 4.79 Å². The molecule has 2 heterocycles. The van der Waals surface area contributed by atoms with Gasteiger partial charge < -0.3 is 14.5 Å². The molecule has 7 nitrogen and oxygen atoms in total. The molecule has 0 atom stereocenters. The van der Waals surface area contributed by atoms with Crippen molar-refractivity contribution >= 4 is 34.1 Å². The van der Waals surface area contributed by atoms with Gasteiger partial charge in [-0.05, 0) is 31.2 Å². The van der Waals surface area contributed by atoms with E-state index in [0.717, 1.165) is 17.0 Å². The van der Waals surface area contributed by atoms with Crippen molar-refractivity contribution in [1.29, 1.82) is 0 Å². The number of benzene rings is 1. The molecular formula is C16H16N4O3S2. The average molecular weight is 376 g/mol. The Morgan fingerprint density at radius 3 is 2.80 bits per heavy atom. The number of thiazole rings is 1. The Labute approximate surface area is 152 Å². The number of amides is 1. The molecule has 3 aromatic rings. The number of ether oxygens (including phenoxy) is 1. The van der Waals surface area contributed by atoms with Gasteiger partial charge in [-0.2, -0.15) is 0 Å². The lowest BCUT2D eigenvalue weighted by atomic mass is 10.2. The largest absolute Gasteiger partial charge is 0.494 e. The van der Waals surface area contributed by atoms with Gasteiger partial charge in [0.1, 0.15) is 5.75 Å². The van der Waals surface area contributed by atoms with Gasteiger partial charge in [0.25, 0.3) is 5.22 Å². The van der Waals surface area contributed by atoms with Crippen molar-refractivity contribution in [3.05, 3.63) is 35.5 Å². The van der Waals surface area contributed by atoms with Gasteiger partial charge in [-0.15, -0.1) is 21.5 Å². The summed E-state index contributed by atoms with van der Waals surface area (Å²) < 4.78 is 10.6. The smallest absolute Gasteiger partial charge is 0.277 e. The molecule has 130 valence electrons. The fourth-order valence-electron chi connectivity index (χ4n) is 1.97. The van der Waals surface area contributed by atoms with Gasteiger partial charge in [-0.25, -0.2) is 4.98 Å². The lowest BCUT2D eigenvalue weighted by Crippen LogP contribution is -2.13. The summed E-state index contributed by atoms with van der Waals surface area (Å²) in [6.07, 6.45) is 0. The van der Waals surface area contributed by atoms with Crippen LogP contribution in [0.3, 0.4) is 0 Å². The van der Waals surface area contributed by atoms with E-state index >= 15 is 0 Å². The van der Waals surface area contributed by atoms with Crippen molar-refractivity contribution in [1.82, 2.24) is 15.2 Å². The standard InChI is InChI=1S/C16H16N4O3S2/c1-3-22-12-6-4-11(5-7-12)13-8-24-15(17-13)18-14(21)9-25-16-20-19-10(2)23-16/h4-8H,3,9H2,1-2H3,(H,17,18,21). The quantitative estimate of drug-likeness (QED) is 0.630. The first kappa shape index (κ1) is 17.4. The molecule has 3 rings (SSSR count). The van der Waals surface area contributed by atoms with E-state index in [2.05, 4.69) is 20.5 Å². The van der Waals surface area contributed by atoms with Gasteiger partial charge in [0, 0.05) is 17.9 Å². The predicted octanol–water partition coefficient (Wildman–Crippen LogP) is 3.63. The third-order valence-electron chi connectivity index (χ3n) is 3.05. The lowest BCUT2D eigenvalue weighted by molar-refractivity contribution is -0.113. The second-order valence-corrected chi connectivity index (χ2v) is 6.70. The molecule has 1 aromatic carbocycles. The summed E-state index contributed by atoms with van der Waals surface area (Å²) in [6.45, 7) is 4.28. The minimum absolute atomic E-state index is 0.173. The summed E-state index contributed by atoms with van der Waals surface area (Å²) in [5.74, 6) is 1.30. The Hall–Kier alpha value is -2.39. The van der Waals surface area contributed by atoms with Gasteiger partial charge in [0.05, 0.1) is 18.1 Å². The molecule has 1 N–H and O–H groups in total. The first-order chi connectivity index (χ1) is 12.1. The summed E-state index contributed by atoms with van der Waals surface area (Å²) in [5.41, 5.74) is 1.78. The van der Waals surface area contributed by atoms with E-state index in [1.165, 1.54) is 23.1 Å². The maximum atomic E-state index is 12.0. The Kier molecular flexibility index (Phi) is 5.67. The minimum atomic E-state index is -0.173. The molecule has 0 saturated heterocycles. The number of hydrogen-bond donors (Lipinski definition) is 1. The molecule has 0 aliphatic heterocycles. The molecule has 0 aliphatic rings. The summed E-state index contributed by atoms with van der Waals surface area (Å²) in [5, 5.41) is 13.2. The van der Waals surface area contributed by atoms with Crippen LogP contribution in [0.15, 0.2) is 39.3 Å². The second kappa shape index (κ2) is 8.13. The number of nitrogens with one attached hydrogen (secondary N) is 1. The van der Waals surface area contributed by atoms with Crippen molar-refractivity contribution in [2.45, 2.75) is 19.1 Å². The molecule has 0 unspecified atom stereocenters. The Morgan fingerprint density at radius 1 is 1.32 bits per heavy atom. The fraction of sp³-hybridized carbons (Fsp3) is 0.250. The number of rotatable bonds is 7. The first-order valence-electron chi connectivity index (χ1n) is 7.55. The van der Waals surface area contributed by atoms with Crippen LogP contribution in [0.2, 0.25) is 0 Å². The zero-order chi connectivity index (χ0) is 17.6. The van der Waals surface area contributed by atoms with Crippen molar-refractivity contribution < 1.29 is 13.9 Å². The van der Waals surface area contributed by atoms with Gasteiger partial charge in [0.2, 0.25) is 11.8 Å². The van der Waals surface area contributed by atoms with Crippen LogP contribution in [-0.2, 0) is 4.79 Å². The Balaban J connectivity index is 1.56. The molecule has 0 spiro atoms. The highest BCUT2D eigenvalue weighted by atomic mass is 32.2. The molecule has 0 saturated carbocycles. The first-order valence-corrected chi connectivity index (χ1v) is 9.42. The van der Waals surface area contributed by atoms with Crippen molar-refractivity contribution in [3.63, 3.8) is 0 Å². The maximum Gasteiger partial charge on any atom is 0.277 e. The fourth-order valence-corrected chi connectivity index (χ4v) is 3.31. The van der Waals surface area contributed by atoms with Crippen LogP contribution in [0.25, 0.3) is 11.3 Å². The number of thioether (sulfide) groups is 1. The molecule has 2 aromatic heterocycles. The van der Waals surface area contributed by atoms with E-state index in [1.807, 2.05) is 36.6 Å². The predicted molar refractivity (Wildman–Crippen MR) is 97.1 cm³/mol. The van der Waals surface area contributed by atoms with E-state index in [0.29, 0.717) is 22.9 Å². The summed E-state index contributed by atoms with van der Waals surface area (Å²) >= 11 is 2.57. The molecule has 0 aliphatic carbocycles. The highest BCUT2D eigenvalue weighted by molar-refractivity contribution is 7.99. The summed E-state index contributed by atoms with van der Waals surface area (Å²) in [4.78, 5) is 16.4. The monoisotopic (exact) mass is 376 g/mol. The van der Waals surface area contributed by atoms with Crippen LogP contribution < -0.4 is 10.1 Å². The number of aryl methyl sites for hydroxylation is 1. The zero-order valence-electron chi connectivity index (χ0n) is 13.7. The van der Waals surface area contributed by atoms with Crippen LogP contribution in [-0.4, -0.2) is 33.4 Å². The van der Waals surface area contributed by atoms with Crippen LogP contribution in [0, 0.1) is 6.92 Å². The summed E-state index contributed by atoms with van der Waals surface area (Å²) in [7, 11) is 0. The zero-order valence-corrected chi connectivity index (χ0v) is 15.3. The summed E-state index contributed by atoms with van der Waals surface area (Å²) in [6, 6.07) is 7.69. The third-order valence-corrected chi connectivity index (χ3v) is 4.62. The SMILES string of the molecule is CCOc1ccc(-c2csc(NC(=O)CSc3nnc(C)o3)n2)cc1. The normalized spacial score (nSPS) is 10.6. The van der Waals surface area contributed by atoms with Gasteiger partial charge in [0.15, 0.2) is 5.13 Å². The second-order valence-electron chi connectivity index (χ2n) is 4.92. The van der Waals surface area contributed by atoms with Crippen LogP contribution in [0.1, 0.15) is 12.8 Å². The average Bonchev–Trinajstić information content (AvgIpc) is 3.23. The molecule has 1 amide bonds. The van der Waals surface area contributed by atoms with Gasteiger partial charge in [-0.1, -0.05) is 11.8 Å². The number of anilines is 1. The molecule has 0 bridgehead atoms.